The van der Waals surface area contributed by atoms with Gasteiger partial charge in [0.15, 0.2) is 12.0 Å². The fourth-order valence-electron chi connectivity index (χ4n) is 1.81. The number of hydrogen-bond acceptors (Lipinski definition) is 2. The minimum absolute atomic E-state index is 0.0256. The van der Waals surface area contributed by atoms with E-state index in [0.717, 1.165) is 5.69 Å². The first-order chi connectivity index (χ1) is 9.26. The molecule has 2 rings (SSSR count). The Labute approximate surface area is 113 Å². The lowest BCUT2D eigenvalue weighted by molar-refractivity contribution is -0.153. The first kappa shape index (κ1) is 14.4. The van der Waals surface area contributed by atoms with E-state index in [9.17, 15) is 18.0 Å². The van der Waals surface area contributed by atoms with Crippen molar-refractivity contribution in [3.8, 4) is 5.75 Å². The summed E-state index contributed by atoms with van der Waals surface area (Å²) in [6.07, 6.45) is -4.40. The van der Waals surface area contributed by atoms with Crippen LogP contribution in [0.3, 0.4) is 0 Å². The lowest BCUT2D eigenvalue weighted by Crippen LogP contribution is -2.19. The van der Waals surface area contributed by atoms with Crippen LogP contribution in [0, 0.1) is 0 Å². The van der Waals surface area contributed by atoms with Crippen LogP contribution in [0.4, 0.5) is 13.2 Å². The molecule has 1 aromatic heterocycles. The molecule has 0 aliphatic heterocycles. The Bertz CT molecular complexity index is 674. The van der Waals surface area contributed by atoms with Crippen molar-refractivity contribution >= 4 is 10.9 Å². The van der Waals surface area contributed by atoms with Crippen LogP contribution < -0.4 is 10.2 Å². The zero-order chi connectivity index (χ0) is 14.9. The molecule has 0 radical (unpaired) electrons. The van der Waals surface area contributed by atoms with Gasteiger partial charge in [0, 0.05) is 22.7 Å². The van der Waals surface area contributed by atoms with Crippen LogP contribution >= 0.6 is 0 Å². The number of alkyl halides is 3. The van der Waals surface area contributed by atoms with E-state index in [2.05, 4.69) is 9.72 Å². The maximum absolute atomic E-state index is 12.1. The van der Waals surface area contributed by atoms with Crippen molar-refractivity contribution < 1.29 is 17.9 Å². The van der Waals surface area contributed by atoms with E-state index >= 15 is 0 Å². The monoisotopic (exact) mass is 285 g/mol. The number of aromatic amines is 1. The van der Waals surface area contributed by atoms with Crippen LogP contribution in [-0.2, 0) is 0 Å². The molecule has 20 heavy (non-hydrogen) atoms. The third-order valence-electron chi connectivity index (χ3n) is 2.85. The maximum Gasteiger partial charge on any atom is 0.422 e. The largest absolute Gasteiger partial charge is 0.484 e. The van der Waals surface area contributed by atoms with Gasteiger partial charge < -0.3 is 9.72 Å². The van der Waals surface area contributed by atoms with Gasteiger partial charge in [-0.3, -0.25) is 4.79 Å². The number of hydrogen-bond donors (Lipinski definition) is 1. The fraction of sp³-hybridized carbons (Fsp3) is 0.357. The summed E-state index contributed by atoms with van der Waals surface area (Å²) in [6.45, 7) is 2.51. The highest BCUT2D eigenvalue weighted by Gasteiger charge is 2.28. The molecule has 3 nitrogen and oxygen atoms in total. The minimum Gasteiger partial charge on any atom is -0.484 e. The molecular weight excluding hydrogens is 271 g/mol. The Morgan fingerprint density at radius 2 is 1.95 bits per heavy atom. The number of benzene rings is 1. The lowest BCUT2D eigenvalue weighted by atomic mass is 10.1. The predicted octanol–water partition coefficient (Wildman–Crippen LogP) is 3.59. The van der Waals surface area contributed by atoms with Crippen molar-refractivity contribution in [3.63, 3.8) is 0 Å². The number of aromatic nitrogens is 1. The first-order valence-electron chi connectivity index (χ1n) is 6.13. The number of halogens is 3. The second-order valence-corrected chi connectivity index (χ2v) is 4.85. The van der Waals surface area contributed by atoms with Gasteiger partial charge in [-0.15, -0.1) is 0 Å². The summed E-state index contributed by atoms with van der Waals surface area (Å²) < 4.78 is 40.9. The molecule has 1 aromatic carbocycles. The standard InChI is InChI=1S/C14H14F3NO2/c1-8(2)12-6-13(19)10-5-9(3-4-11(10)18-12)20-7-14(15,16)17/h3-6,8H,7H2,1-2H3,(H,18,19). The van der Waals surface area contributed by atoms with Gasteiger partial charge in [0.25, 0.3) is 0 Å². The maximum atomic E-state index is 12.1. The van der Waals surface area contributed by atoms with Gasteiger partial charge in [-0.05, 0) is 24.1 Å². The van der Waals surface area contributed by atoms with Gasteiger partial charge in [-0.25, -0.2) is 0 Å². The van der Waals surface area contributed by atoms with E-state index in [1.165, 1.54) is 18.2 Å². The first-order valence-corrected chi connectivity index (χ1v) is 6.13. The Hall–Kier alpha value is -1.98. The molecule has 0 bridgehead atoms. The normalized spacial score (nSPS) is 12.1. The van der Waals surface area contributed by atoms with Crippen molar-refractivity contribution in [3.05, 3.63) is 40.2 Å². The molecule has 6 heteroatoms. The molecule has 0 amide bonds. The number of rotatable bonds is 3. The summed E-state index contributed by atoms with van der Waals surface area (Å²) in [6, 6.07) is 5.74. The zero-order valence-corrected chi connectivity index (χ0v) is 11.0. The molecule has 108 valence electrons. The third-order valence-corrected chi connectivity index (χ3v) is 2.85. The lowest BCUT2D eigenvalue weighted by Gasteiger charge is -2.11. The Balaban J connectivity index is 2.38. The van der Waals surface area contributed by atoms with Crippen molar-refractivity contribution in [2.75, 3.05) is 6.61 Å². The Kier molecular flexibility index (Phi) is 3.74. The van der Waals surface area contributed by atoms with Crippen LogP contribution in [-0.4, -0.2) is 17.8 Å². The van der Waals surface area contributed by atoms with Crippen molar-refractivity contribution in [2.24, 2.45) is 0 Å². The van der Waals surface area contributed by atoms with E-state index in [1.807, 2.05) is 13.8 Å². The SMILES string of the molecule is CC(C)c1cc(=O)c2cc(OCC(F)(F)F)ccc2[nH]1. The topological polar surface area (TPSA) is 42.1 Å². The molecule has 2 aromatic rings. The number of ether oxygens (including phenoxy) is 1. The van der Waals surface area contributed by atoms with Crippen molar-refractivity contribution in [1.29, 1.82) is 0 Å². The molecule has 0 aliphatic carbocycles. The van der Waals surface area contributed by atoms with E-state index in [1.54, 1.807) is 6.07 Å². The fourth-order valence-corrected chi connectivity index (χ4v) is 1.81. The van der Waals surface area contributed by atoms with Gasteiger partial charge in [0.2, 0.25) is 0 Å². The summed E-state index contributed by atoms with van der Waals surface area (Å²) in [5.74, 6) is 0.186. The number of nitrogens with one attached hydrogen (secondary N) is 1. The smallest absolute Gasteiger partial charge is 0.422 e. The van der Waals surface area contributed by atoms with Crippen LogP contribution in [0.1, 0.15) is 25.5 Å². The zero-order valence-electron chi connectivity index (χ0n) is 11.0. The molecule has 0 atom stereocenters. The van der Waals surface area contributed by atoms with Gasteiger partial charge in [-0.1, -0.05) is 13.8 Å². The molecule has 0 saturated carbocycles. The van der Waals surface area contributed by atoms with Crippen molar-refractivity contribution in [1.82, 2.24) is 4.98 Å². The van der Waals surface area contributed by atoms with Gasteiger partial charge in [-0.2, -0.15) is 13.2 Å². The molecule has 0 unspecified atom stereocenters. The van der Waals surface area contributed by atoms with E-state index < -0.39 is 12.8 Å². The van der Waals surface area contributed by atoms with Gasteiger partial charge >= 0.3 is 6.18 Å². The average molecular weight is 285 g/mol. The molecule has 1 heterocycles. The van der Waals surface area contributed by atoms with E-state index in [4.69, 9.17) is 0 Å². The molecular formula is C14H14F3NO2. The molecule has 0 aliphatic rings. The van der Waals surface area contributed by atoms with Crippen LogP contribution in [0.2, 0.25) is 0 Å². The third kappa shape index (κ3) is 3.31. The second kappa shape index (κ2) is 5.19. The molecule has 0 saturated heterocycles. The summed E-state index contributed by atoms with van der Waals surface area (Å²) in [7, 11) is 0. The van der Waals surface area contributed by atoms with E-state index in [-0.39, 0.29) is 17.1 Å². The quantitative estimate of drug-likeness (QED) is 0.936. The van der Waals surface area contributed by atoms with Crippen LogP contribution in [0.15, 0.2) is 29.1 Å². The number of pyridine rings is 1. The highest BCUT2D eigenvalue weighted by Crippen LogP contribution is 2.22. The van der Waals surface area contributed by atoms with Gasteiger partial charge in [0.05, 0.1) is 0 Å². The van der Waals surface area contributed by atoms with Crippen molar-refractivity contribution in [2.45, 2.75) is 25.9 Å². The van der Waals surface area contributed by atoms with Crippen LogP contribution in [0.5, 0.6) is 5.75 Å². The summed E-state index contributed by atoms with van der Waals surface area (Å²) in [5.41, 5.74) is 1.13. The van der Waals surface area contributed by atoms with E-state index in [0.29, 0.717) is 10.9 Å². The summed E-state index contributed by atoms with van der Waals surface area (Å²) in [5, 5.41) is 0.314. The Morgan fingerprint density at radius 3 is 2.55 bits per heavy atom. The molecule has 0 spiro atoms. The highest BCUT2D eigenvalue weighted by molar-refractivity contribution is 5.80. The molecule has 1 N–H and O–H groups in total. The summed E-state index contributed by atoms with van der Waals surface area (Å²) in [4.78, 5) is 15.0. The molecule has 0 fully saturated rings. The van der Waals surface area contributed by atoms with Gasteiger partial charge in [0.1, 0.15) is 5.75 Å². The summed E-state index contributed by atoms with van der Waals surface area (Å²) >= 11 is 0. The minimum atomic E-state index is -4.40. The Morgan fingerprint density at radius 1 is 1.25 bits per heavy atom. The number of H-pyrrole nitrogens is 1. The number of fused-ring (bicyclic) bond motifs is 1. The second-order valence-electron chi connectivity index (χ2n) is 4.85. The average Bonchev–Trinajstić information content (AvgIpc) is 2.35. The predicted molar refractivity (Wildman–Crippen MR) is 70.2 cm³/mol. The highest BCUT2D eigenvalue weighted by atomic mass is 19.4. The van der Waals surface area contributed by atoms with Crippen LogP contribution in [0.25, 0.3) is 10.9 Å².